The summed E-state index contributed by atoms with van der Waals surface area (Å²) in [6, 6.07) is 4.05. The highest BCUT2D eigenvalue weighted by atomic mass is 16.5. The summed E-state index contributed by atoms with van der Waals surface area (Å²) in [5, 5.41) is 0. The summed E-state index contributed by atoms with van der Waals surface area (Å²) in [7, 11) is 3.86. The summed E-state index contributed by atoms with van der Waals surface area (Å²) >= 11 is 0. The van der Waals surface area contributed by atoms with Crippen LogP contribution >= 0.6 is 0 Å². The number of hydrogen-bond donors (Lipinski definition) is 1. The first-order valence-corrected chi connectivity index (χ1v) is 7.61. The van der Waals surface area contributed by atoms with Crippen molar-refractivity contribution in [2.24, 2.45) is 5.73 Å². The quantitative estimate of drug-likeness (QED) is 0.840. The Morgan fingerprint density at radius 3 is 2.60 bits per heavy atom. The van der Waals surface area contributed by atoms with Crippen LogP contribution in [0, 0.1) is 0 Å². The standard InChI is InChI=1S/C16H27N3O/c1-19(12-14-8-7-11-18-15(14)20-2)16(13-17)9-5-3-4-6-10-16/h7-8,11H,3-6,9-10,12-13,17H2,1-2H3. The molecule has 2 N–H and O–H groups in total. The van der Waals surface area contributed by atoms with E-state index in [1.54, 1.807) is 13.3 Å². The minimum Gasteiger partial charge on any atom is -0.481 e. The van der Waals surface area contributed by atoms with Crippen LogP contribution in [0.1, 0.15) is 44.1 Å². The molecule has 0 radical (unpaired) electrons. The molecule has 1 aliphatic rings. The molecule has 4 nitrogen and oxygen atoms in total. The van der Waals surface area contributed by atoms with Crippen molar-refractivity contribution in [3.05, 3.63) is 23.9 Å². The number of aromatic nitrogens is 1. The lowest BCUT2D eigenvalue weighted by Gasteiger charge is -2.41. The van der Waals surface area contributed by atoms with E-state index in [-0.39, 0.29) is 5.54 Å². The zero-order valence-corrected chi connectivity index (χ0v) is 12.8. The molecule has 112 valence electrons. The van der Waals surface area contributed by atoms with Crippen molar-refractivity contribution in [1.82, 2.24) is 9.88 Å². The van der Waals surface area contributed by atoms with Gasteiger partial charge in [0.05, 0.1) is 7.11 Å². The predicted molar refractivity (Wildman–Crippen MR) is 81.7 cm³/mol. The van der Waals surface area contributed by atoms with Gasteiger partial charge < -0.3 is 10.5 Å². The first-order valence-electron chi connectivity index (χ1n) is 7.61. The molecule has 0 aliphatic heterocycles. The van der Waals surface area contributed by atoms with Crippen LogP contribution in [-0.4, -0.2) is 36.1 Å². The van der Waals surface area contributed by atoms with Gasteiger partial charge in [0.1, 0.15) is 0 Å². The fourth-order valence-electron chi connectivity index (χ4n) is 3.28. The SMILES string of the molecule is COc1ncccc1CN(C)C1(CN)CCCCCC1. The van der Waals surface area contributed by atoms with Crippen LogP contribution < -0.4 is 10.5 Å². The molecular weight excluding hydrogens is 250 g/mol. The third kappa shape index (κ3) is 3.30. The van der Waals surface area contributed by atoms with Gasteiger partial charge in [0, 0.05) is 30.4 Å². The van der Waals surface area contributed by atoms with Gasteiger partial charge in [-0.3, -0.25) is 4.90 Å². The van der Waals surface area contributed by atoms with Gasteiger partial charge in [-0.05, 0) is 26.0 Å². The molecule has 1 heterocycles. The van der Waals surface area contributed by atoms with Crippen molar-refractivity contribution < 1.29 is 4.74 Å². The molecule has 0 bridgehead atoms. The predicted octanol–water partition coefficient (Wildman–Crippen LogP) is 2.57. The second kappa shape index (κ2) is 7.04. The van der Waals surface area contributed by atoms with Crippen LogP contribution in [0.15, 0.2) is 18.3 Å². The number of pyridine rings is 1. The number of methoxy groups -OCH3 is 1. The molecule has 0 atom stereocenters. The zero-order valence-electron chi connectivity index (χ0n) is 12.8. The van der Waals surface area contributed by atoms with E-state index in [0.29, 0.717) is 0 Å². The highest BCUT2D eigenvalue weighted by Crippen LogP contribution is 2.32. The lowest BCUT2D eigenvalue weighted by atomic mass is 9.88. The monoisotopic (exact) mass is 277 g/mol. The first-order chi connectivity index (χ1) is 9.72. The molecule has 0 unspecified atom stereocenters. The van der Waals surface area contributed by atoms with Crippen LogP contribution in [0.5, 0.6) is 5.88 Å². The smallest absolute Gasteiger partial charge is 0.217 e. The molecule has 20 heavy (non-hydrogen) atoms. The summed E-state index contributed by atoms with van der Waals surface area (Å²) in [6.45, 7) is 1.57. The molecule has 0 spiro atoms. The maximum atomic E-state index is 6.14. The molecule has 0 amide bonds. The Kier molecular flexibility index (Phi) is 5.38. The van der Waals surface area contributed by atoms with E-state index in [4.69, 9.17) is 10.5 Å². The van der Waals surface area contributed by atoms with Crippen molar-refractivity contribution in [3.8, 4) is 5.88 Å². The topological polar surface area (TPSA) is 51.4 Å². The third-order valence-corrected chi connectivity index (χ3v) is 4.67. The Bertz CT molecular complexity index is 414. The van der Waals surface area contributed by atoms with E-state index in [1.807, 2.05) is 6.07 Å². The van der Waals surface area contributed by atoms with E-state index in [2.05, 4.69) is 23.0 Å². The summed E-state index contributed by atoms with van der Waals surface area (Å²) < 4.78 is 5.36. The summed E-state index contributed by atoms with van der Waals surface area (Å²) in [5.74, 6) is 0.722. The first kappa shape index (κ1) is 15.3. The molecule has 1 aromatic heterocycles. The summed E-state index contributed by atoms with van der Waals surface area (Å²) in [6.07, 6.45) is 9.41. The number of ether oxygens (including phenoxy) is 1. The molecule has 1 fully saturated rings. The number of nitrogens with zero attached hydrogens (tertiary/aromatic N) is 2. The molecule has 1 saturated carbocycles. The van der Waals surface area contributed by atoms with Gasteiger partial charge >= 0.3 is 0 Å². The van der Waals surface area contributed by atoms with Gasteiger partial charge in [0.2, 0.25) is 5.88 Å². The minimum absolute atomic E-state index is 0.136. The van der Waals surface area contributed by atoms with Crippen LogP contribution in [0.25, 0.3) is 0 Å². The van der Waals surface area contributed by atoms with Gasteiger partial charge in [-0.1, -0.05) is 31.7 Å². The van der Waals surface area contributed by atoms with Gasteiger partial charge in [-0.2, -0.15) is 0 Å². The Balaban J connectivity index is 2.14. The molecule has 1 aliphatic carbocycles. The number of nitrogens with two attached hydrogens (primary N) is 1. The molecule has 0 saturated heterocycles. The molecule has 0 aromatic carbocycles. The van der Waals surface area contributed by atoms with Gasteiger partial charge in [-0.25, -0.2) is 4.98 Å². The molecule has 4 heteroatoms. The van der Waals surface area contributed by atoms with Crippen LogP contribution in [0.3, 0.4) is 0 Å². The Hall–Kier alpha value is -1.13. The average molecular weight is 277 g/mol. The van der Waals surface area contributed by atoms with Gasteiger partial charge in [0.15, 0.2) is 0 Å². The van der Waals surface area contributed by atoms with Crippen molar-refractivity contribution in [3.63, 3.8) is 0 Å². The minimum atomic E-state index is 0.136. The Morgan fingerprint density at radius 2 is 2.00 bits per heavy atom. The summed E-state index contributed by atoms with van der Waals surface area (Å²) in [4.78, 5) is 6.70. The van der Waals surface area contributed by atoms with E-state index < -0.39 is 0 Å². The fraction of sp³-hybridized carbons (Fsp3) is 0.688. The van der Waals surface area contributed by atoms with Crippen molar-refractivity contribution in [2.45, 2.75) is 50.6 Å². The normalized spacial score (nSPS) is 18.8. The van der Waals surface area contributed by atoms with Crippen LogP contribution in [-0.2, 0) is 6.54 Å². The highest BCUT2D eigenvalue weighted by Gasteiger charge is 2.33. The highest BCUT2D eigenvalue weighted by molar-refractivity contribution is 5.25. The molecule has 1 aromatic rings. The maximum Gasteiger partial charge on any atom is 0.217 e. The number of rotatable bonds is 5. The molecular formula is C16H27N3O. The summed E-state index contributed by atoms with van der Waals surface area (Å²) in [5.41, 5.74) is 7.41. The van der Waals surface area contributed by atoms with E-state index in [9.17, 15) is 0 Å². The Morgan fingerprint density at radius 1 is 1.30 bits per heavy atom. The van der Waals surface area contributed by atoms with Crippen molar-refractivity contribution in [2.75, 3.05) is 20.7 Å². The lowest BCUT2D eigenvalue weighted by Crippen LogP contribution is -2.51. The van der Waals surface area contributed by atoms with Crippen LogP contribution in [0.4, 0.5) is 0 Å². The second-order valence-electron chi connectivity index (χ2n) is 5.87. The fourth-order valence-corrected chi connectivity index (χ4v) is 3.28. The van der Waals surface area contributed by atoms with E-state index in [1.165, 1.54) is 38.5 Å². The van der Waals surface area contributed by atoms with Crippen molar-refractivity contribution in [1.29, 1.82) is 0 Å². The average Bonchev–Trinajstić information content (AvgIpc) is 2.74. The largest absolute Gasteiger partial charge is 0.481 e. The van der Waals surface area contributed by atoms with Crippen molar-refractivity contribution >= 4 is 0 Å². The Labute approximate surface area is 122 Å². The van der Waals surface area contributed by atoms with Crippen LogP contribution in [0.2, 0.25) is 0 Å². The second-order valence-corrected chi connectivity index (χ2v) is 5.87. The zero-order chi connectivity index (χ0) is 14.4. The lowest BCUT2D eigenvalue weighted by molar-refractivity contribution is 0.0986. The third-order valence-electron chi connectivity index (χ3n) is 4.67. The molecule has 2 rings (SSSR count). The van der Waals surface area contributed by atoms with Gasteiger partial charge in [0.25, 0.3) is 0 Å². The number of hydrogen-bond acceptors (Lipinski definition) is 4. The van der Waals surface area contributed by atoms with E-state index in [0.717, 1.165) is 24.5 Å². The van der Waals surface area contributed by atoms with Gasteiger partial charge in [-0.15, -0.1) is 0 Å². The number of likely N-dealkylation sites (N-methyl/N-ethyl adjacent to an activating group) is 1. The maximum absolute atomic E-state index is 6.14. The van der Waals surface area contributed by atoms with E-state index >= 15 is 0 Å².